The minimum atomic E-state index is -3.70. The van der Waals surface area contributed by atoms with E-state index in [1.165, 1.54) is 12.1 Å². The quantitative estimate of drug-likeness (QED) is 0.537. The highest BCUT2D eigenvalue weighted by Gasteiger charge is 2.40. The van der Waals surface area contributed by atoms with Crippen LogP contribution in [0.2, 0.25) is 0 Å². The number of fused-ring (bicyclic) bond motifs is 1. The molecule has 0 aliphatic carbocycles. The first-order chi connectivity index (χ1) is 13.1. The molecule has 0 amide bonds. The zero-order valence-corrected chi connectivity index (χ0v) is 16.9. The summed E-state index contributed by atoms with van der Waals surface area (Å²) in [5, 5.41) is 13.1. The van der Waals surface area contributed by atoms with Gasteiger partial charge in [-0.15, -0.1) is 0 Å². The maximum atomic E-state index is 14.9. The van der Waals surface area contributed by atoms with E-state index in [1.54, 1.807) is 26.1 Å². The Morgan fingerprint density at radius 2 is 1.93 bits per heavy atom. The second-order valence-corrected chi connectivity index (χ2v) is 7.33. The first kappa shape index (κ1) is 20.5. The van der Waals surface area contributed by atoms with Gasteiger partial charge in [0.15, 0.2) is 0 Å². The zero-order valence-electron chi connectivity index (χ0n) is 15.3. The number of aliphatic hydroxyl groups excluding tert-OH is 1. The molecule has 2 N–H and O–H groups in total. The highest BCUT2D eigenvalue weighted by atomic mass is 79.9. The Morgan fingerprint density at radius 1 is 1.21 bits per heavy atom. The Kier molecular flexibility index (Phi) is 5.58. The van der Waals surface area contributed by atoms with Crippen LogP contribution in [0.1, 0.15) is 36.8 Å². The number of anilines is 1. The van der Waals surface area contributed by atoms with Gasteiger partial charge in [-0.1, -0.05) is 12.1 Å². The second-order valence-electron chi connectivity index (χ2n) is 6.52. The largest absolute Gasteiger partial charge is 0.387 e. The Balaban J connectivity index is 2.02. The molecule has 9 heteroatoms. The maximum absolute atomic E-state index is 14.9. The maximum Gasteiger partial charge on any atom is 0.301 e. The lowest BCUT2D eigenvalue weighted by molar-refractivity contribution is -0.108. The molecule has 2 aromatic heterocycles. The number of benzene rings is 1. The lowest BCUT2D eigenvalue weighted by atomic mass is 9.97. The van der Waals surface area contributed by atoms with Gasteiger partial charge < -0.3 is 10.4 Å². The third-order valence-corrected chi connectivity index (χ3v) is 4.83. The molecule has 5 nitrogen and oxygen atoms in total. The van der Waals surface area contributed by atoms with E-state index in [-0.39, 0.29) is 5.56 Å². The van der Waals surface area contributed by atoms with Crippen molar-refractivity contribution >= 4 is 32.7 Å². The van der Waals surface area contributed by atoms with E-state index in [0.29, 0.717) is 27.1 Å². The van der Waals surface area contributed by atoms with Crippen molar-refractivity contribution in [1.82, 2.24) is 15.0 Å². The van der Waals surface area contributed by atoms with Gasteiger partial charge in [0.1, 0.15) is 28.2 Å². The van der Waals surface area contributed by atoms with Crippen molar-refractivity contribution in [2.24, 2.45) is 0 Å². The molecule has 28 heavy (non-hydrogen) atoms. The second kappa shape index (κ2) is 7.63. The minimum absolute atomic E-state index is 0.0374. The number of aromatic nitrogens is 3. The van der Waals surface area contributed by atoms with Gasteiger partial charge in [-0.3, -0.25) is 0 Å². The van der Waals surface area contributed by atoms with Gasteiger partial charge in [0, 0.05) is 10.9 Å². The molecule has 0 bridgehead atoms. The Hall–Kier alpha value is -2.26. The van der Waals surface area contributed by atoms with E-state index in [0.717, 1.165) is 13.0 Å². The number of nitrogens with zero attached hydrogens (tertiary/aromatic N) is 3. The average Bonchev–Trinajstić information content (AvgIpc) is 2.62. The third-order valence-electron chi connectivity index (χ3n) is 4.39. The number of aliphatic hydroxyl groups is 1. The zero-order chi connectivity index (χ0) is 20.6. The summed E-state index contributed by atoms with van der Waals surface area (Å²) in [6, 6.07) is 4.78. The SMILES string of the molecule is Cc1nc(NC(C)c2cccc(C(F)(F)C(C)O)c2F)c2cc(Br)ncc2n1. The third kappa shape index (κ3) is 3.81. The number of halogens is 4. The molecule has 0 fully saturated rings. The van der Waals surface area contributed by atoms with Crippen LogP contribution in [0.4, 0.5) is 19.0 Å². The van der Waals surface area contributed by atoms with E-state index in [1.807, 2.05) is 0 Å². The smallest absolute Gasteiger partial charge is 0.301 e. The van der Waals surface area contributed by atoms with Crippen LogP contribution in [0.15, 0.2) is 35.1 Å². The lowest BCUT2D eigenvalue weighted by Gasteiger charge is -2.23. The normalized spacial score (nSPS) is 14.1. The van der Waals surface area contributed by atoms with Gasteiger partial charge in [0.05, 0.1) is 23.3 Å². The molecule has 0 aliphatic rings. The van der Waals surface area contributed by atoms with E-state index >= 15 is 0 Å². The van der Waals surface area contributed by atoms with Crippen molar-refractivity contribution in [3.8, 4) is 0 Å². The van der Waals surface area contributed by atoms with E-state index < -0.39 is 29.4 Å². The number of hydrogen-bond donors (Lipinski definition) is 2. The van der Waals surface area contributed by atoms with Crippen molar-refractivity contribution < 1.29 is 18.3 Å². The molecular weight excluding hydrogens is 437 g/mol. The lowest BCUT2D eigenvalue weighted by Crippen LogP contribution is -2.29. The molecule has 3 rings (SSSR count). The van der Waals surface area contributed by atoms with Crippen LogP contribution in [0.3, 0.4) is 0 Å². The fourth-order valence-electron chi connectivity index (χ4n) is 2.88. The van der Waals surface area contributed by atoms with Gasteiger partial charge >= 0.3 is 5.92 Å². The van der Waals surface area contributed by atoms with Crippen LogP contribution in [0.5, 0.6) is 0 Å². The van der Waals surface area contributed by atoms with Crippen molar-refractivity contribution in [2.45, 2.75) is 38.8 Å². The molecule has 2 atom stereocenters. The number of nitrogens with one attached hydrogen (secondary N) is 1. The predicted molar refractivity (Wildman–Crippen MR) is 104 cm³/mol. The number of rotatable bonds is 5. The van der Waals surface area contributed by atoms with Crippen LogP contribution in [-0.2, 0) is 5.92 Å². The van der Waals surface area contributed by atoms with Crippen LogP contribution in [-0.4, -0.2) is 26.2 Å². The van der Waals surface area contributed by atoms with Crippen LogP contribution < -0.4 is 5.32 Å². The number of pyridine rings is 1. The van der Waals surface area contributed by atoms with Crippen LogP contribution in [0, 0.1) is 12.7 Å². The molecule has 1 aromatic carbocycles. The Labute approximate surface area is 168 Å². The minimum Gasteiger partial charge on any atom is -0.387 e. The molecular formula is C19H18BrF3N4O. The van der Waals surface area contributed by atoms with Crippen molar-refractivity contribution in [3.05, 3.63) is 57.8 Å². The Bertz CT molecular complexity index is 1030. The van der Waals surface area contributed by atoms with Gasteiger partial charge in [0.2, 0.25) is 0 Å². The fraction of sp³-hybridized carbons (Fsp3) is 0.316. The van der Waals surface area contributed by atoms with Gasteiger partial charge in [-0.05, 0) is 48.8 Å². The monoisotopic (exact) mass is 454 g/mol. The molecule has 2 unspecified atom stereocenters. The average molecular weight is 455 g/mol. The molecule has 3 aromatic rings. The van der Waals surface area contributed by atoms with E-state index in [2.05, 4.69) is 36.2 Å². The molecule has 0 saturated carbocycles. The highest BCUT2D eigenvalue weighted by Crippen LogP contribution is 2.36. The number of alkyl halides is 2. The van der Waals surface area contributed by atoms with Crippen LogP contribution >= 0.6 is 15.9 Å². The summed E-state index contributed by atoms with van der Waals surface area (Å²) in [7, 11) is 0. The first-order valence-corrected chi connectivity index (χ1v) is 9.31. The molecule has 148 valence electrons. The van der Waals surface area contributed by atoms with Gasteiger partial charge in [-0.25, -0.2) is 19.3 Å². The number of aryl methyl sites for hydroxylation is 1. The summed E-state index contributed by atoms with van der Waals surface area (Å²) in [4.78, 5) is 12.8. The molecule has 0 saturated heterocycles. The fourth-order valence-corrected chi connectivity index (χ4v) is 3.21. The summed E-state index contributed by atoms with van der Waals surface area (Å²) >= 11 is 3.29. The topological polar surface area (TPSA) is 70.9 Å². The summed E-state index contributed by atoms with van der Waals surface area (Å²) in [5.41, 5.74) is -0.208. The molecule has 0 radical (unpaired) electrons. The summed E-state index contributed by atoms with van der Waals surface area (Å²) < 4.78 is 43.8. The first-order valence-electron chi connectivity index (χ1n) is 8.52. The molecule has 0 spiro atoms. The van der Waals surface area contributed by atoms with E-state index in [9.17, 15) is 18.3 Å². The van der Waals surface area contributed by atoms with Crippen molar-refractivity contribution in [2.75, 3.05) is 5.32 Å². The highest BCUT2D eigenvalue weighted by molar-refractivity contribution is 9.10. The van der Waals surface area contributed by atoms with Crippen molar-refractivity contribution in [3.63, 3.8) is 0 Å². The van der Waals surface area contributed by atoms with Crippen molar-refractivity contribution in [1.29, 1.82) is 0 Å². The van der Waals surface area contributed by atoms with Gasteiger partial charge in [-0.2, -0.15) is 8.78 Å². The molecule has 2 heterocycles. The van der Waals surface area contributed by atoms with Crippen LogP contribution in [0.25, 0.3) is 10.9 Å². The summed E-state index contributed by atoms with van der Waals surface area (Å²) in [6.07, 6.45) is -0.437. The predicted octanol–water partition coefficient (Wildman–Crippen LogP) is 4.88. The Morgan fingerprint density at radius 3 is 2.61 bits per heavy atom. The standard InChI is InChI=1S/C19H18BrF3N4O/c1-9(12-5-4-6-14(17(12)21)19(22,23)10(2)28)25-18-13-7-16(20)24-8-15(13)26-11(3)27-18/h4-10,28H,1-3H3,(H,25,26,27). The van der Waals surface area contributed by atoms with Gasteiger partial charge in [0.25, 0.3) is 0 Å². The summed E-state index contributed by atoms with van der Waals surface area (Å²) in [5.74, 6) is -3.84. The summed E-state index contributed by atoms with van der Waals surface area (Å²) in [6.45, 7) is 4.28. The van der Waals surface area contributed by atoms with E-state index in [4.69, 9.17) is 0 Å². The number of hydrogen-bond acceptors (Lipinski definition) is 5. The molecule has 0 aliphatic heterocycles.